The minimum absolute atomic E-state index is 0.256. The highest BCUT2D eigenvalue weighted by Gasteiger charge is 2.23. The van der Waals surface area contributed by atoms with E-state index in [1.165, 1.54) is 20.1 Å². The van der Waals surface area contributed by atoms with Crippen molar-refractivity contribution in [2.45, 2.75) is 12.7 Å². The molecule has 0 aliphatic rings. The average molecular weight is 325 g/mol. The van der Waals surface area contributed by atoms with Gasteiger partial charge in [-0.1, -0.05) is 30.1 Å². The van der Waals surface area contributed by atoms with Crippen LogP contribution in [0.5, 0.6) is 0 Å². The van der Waals surface area contributed by atoms with Crippen LogP contribution in [0, 0.1) is 5.92 Å². The molecule has 0 radical (unpaired) electrons. The lowest BCUT2D eigenvalue weighted by Crippen LogP contribution is -2.23. The van der Waals surface area contributed by atoms with E-state index in [2.05, 4.69) is 4.74 Å². The van der Waals surface area contributed by atoms with E-state index in [-0.39, 0.29) is 11.5 Å². The van der Waals surface area contributed by atoms with Crippen LogP contribution in [0.15, 0.2) is 18.2 Å². The molecular weight excluding hydrogens is 311 g/mol. The van der Waals surface area contributed by atoms with Crippen molar-refractivity contribution in [3.05, 3.63) is 33.8 Å². The van der Waals surface area contributed by atoms with Crippen LogP contribution in [-0.4, -0.2) is 27.2 Å². The molecule has 0 aromatic heterocycles. The minimum atomic E-state index is -3.47. The average Bonchev–Trinajstić information content (AvgIpc) is 2.31. The van der Waals surface area contributed by atoms with Crippen LogP contribution in [0.2, 0.25) is 10.0 Å². The molecule has 0 saturated carbocycles. The summed E-state index contributed by atoms with van der Waals surface area (Å²) in [5, 5.41) is 0.745. The molecular formula is C12H14Cl2O4S. The molecule has 0 N–H and O–H groups in total. The molecule has 0 aliphatic heterocycles. The highest BCUT2D eigenvalue weighted by Crippen LogP contribution is 2.23. The van der Waals surface area contributed by atoms with Gasteiger partial charge in [0.25, 0.3) is 0 Å². The monoisotopic (exact) mass is 324 g/mol. The third kappa shape index (κ3) is 5.01. The Balaban J connectivity index is 2.85. The van der Waals surface area contributed by atoms with Gasteiger partial charge in [-0.05, 0) is 23.8 Å². The molecule has 1 aromatic carbocycles. The van der Waals surface area contributed by atoms with Gasteiger partial charge in [-0.25, -0.2) is 8.42 Å². The van der Waals surface area contributed by atoms with Gasteiger partial charge in [0, 0.05) is 10.0 Å². The number of halogens is 2. The lowest BCUT2D eigenvalue weighted by atomic mass is 10.2. The number of ether oxygens (including phenoxy) is 1. The number of hydrogen-bond acceptors (Lipinski definition) is 4. The van der Waals surface area contributed by atoms with Gasteiger partial charge in [-0.3, -0.25) is 4.79 Å². The zero-order chi connectivity index (χ0) is 14.6. The van der Waals surface area contributed by atoms with Gasteiger partial charge in [0.15, 0.2) is 9.84 Å². The quantitative estimate of drug-likeness (QED) is 0.781. The fourth-order valence-corrected chi connectivity index (χ4v) is 3.79. The number of hydrogen-bond donors (Lipinski definition) is 0. The van der Waals surface area contributed by atoms with E-state index in [4.69, 9.17) is 23.2 Å². The van der Waals surface area contributed by atoms with Gasteiger partial charge in [-0.15, -0.1) is 0 Å². The standard InChI is InChI=1S/C12H14Cl2O4S/c1-8(12(15)18-2)6-19(16,17)7-9-5-10(13)3-4-11(9)14/h3-5,8H,6-7H2,1-2H3. The summed E-state index contributed by atoms with van der Waals surface area (Å²) in [6, 6.07) is 4.62. The summed E-state index contributed by atoms with van der Waals surface area (Å²) in [6.45, 7) is 1.50. The van der Waals surface area contributed by atoms with Crippen molar-refractivity contribution in [2.75, 3.05) is 12.9 Å². The molecule has 1 aromatic rings. The van der Waals surface area contributed by atoms with Crippen molar-refractivity contribution >= 4 is 39.0 Å². The maximum Gasteiger partial charge on any atom is 0.309 e. The Morgan fingerprint density at radius 1 is 1.37 bits per heavy atom. The van der Waals surface area contributed by atoms with Gasteiger partial charge < -0.3 is 4.74 Å². The summed E-state index contributed by atoms with van der Waals surface area (Å²) < 4.78 is 28.5. The summed E-state index contributed by atoms with van der Waals surface area (Å²) in [5.41, 5.74) is 0.422. The summed E-state index contributed by atoms with van der Waals surface area (Å²) in [4.78, 5) is 11.2. The Bertz CT molecular complexity index is 569. The fourth-order valence-electron chi connectivity index (χ4n) is 1.60. The Hall–Kier alpha value is -0.780. The smallest absolute Gasteiger partial charge is 0.309 e. The molecule has 4 nitrogen and oxygen atoms in total. The zero-order valence-electron chi connectivity index (χ0n) is 10.5. The Kier molecular flexibility index (Phi) is 5.64. The first-order valence-corrected chi connectivity index (χ1v) is 8.05. The van der Waals surface area contributed by atoms with Gasteiger partial charge in [-0.2, -0.15) is 0 Å². The van der Waals surface area contributed by atoms with Crippen LogP contribution >= 0.6 is 23.2 Å². The number of benzene rings is 1. The zero-order valence-corrected chi connectivity index (χ0v) is 12.8. The van der Waals surface area contributed by atoms with Gasteiger partial charge in [0.05, 0.1) is 24.5 Å². The van der Waals surface area contributed by atoms with Gasteiger partial charge in [0.2, 0.25) is 0 Å². The topological polar surface area (TPSA) is 60.4 Å². The van der Waals surface area contributed by atoms with Crippen molar-refractivity contribution in [1.29, 1.82) is 0 Å². The Labute approximate surface area is 122 Å². The molecule has 0 saturated heterocycles. The Morgan fingerprint density at radius 3 is 2.58 bits per heavy atom. The second kappa shape index (κ2) is 6.59. The molecule has 0 heterocycles. The Morgan fingerprint density at radius 2 is 2.00 bits per heavy atom. The van der Waals surface area contributed by atoms with Crippen molar-refractivity contribution in [2.24, 2.45) is 5.92 Å². The second-order valence-corrected chi connectivity index (χ2v) is 7.17. The molecule has 19 heavy (non-hydrogen) atoms. The van der Waals surface area contributed by atoms with Crippen LogP contribution in [0.25, 0.3) is 0 Å². The molecule has 0 bridgehead atoms. The molecule has 1 rings (SSSR count). The van der Waals surface area contributed by atoms with Crippen molar-refractivity contribution in [3.63, 3.8) is 0 Å². The lowest BCUT2D eigenvalue weighted by Gasteiger charge is -2.11. The predicted octanol–water partition coefficient (Wildman–Crippen LogP) is 2.72. The van der Waals surface area contributed by atoms with Crippen molar-refractivity contribution in [3.8, 4) is 0 Å². The normalized spacial score (nSPS) is 13.1. The van der Waals surface area contributed by atoms with E-state index >= 15 is 0 Å². The maximum absolute atomic E-state index is 12.0. The number of rotatable bonds is 5. The number of esters is 1. The van der Waals surface area contributed by atoms with E-state index in [0.717, 1.165) is 0 Å². The molecule has 1 unspecified atom stereocenters. The van der Waals surface area contributed by atoms with Gasteiger partial charge >= 0.3 is 5.97 Å². The first-order valence-electron chi connectivity index (χ1n) is 5.47. The second-order valence-electron chi connectivity index (χ2n) is 4.21. The molecule has 7 heteroatoms. The first kappa shape index (κ1) is 16.3. The van der Waals surface area contributed by atoms with Crippen LogP contribution in [0.1, 0.15) is 12.5 Å². The van der Waals surface area contributed by atoms with E-state index in [9.17, 15) is 13.2 Å². The van der Waals surface area contributed by atoms with E-state index in [1.54, 1.807) is 12.1 Å². The fraction of sp³-hybridized carbons (Fsp3) is 0.417. The number of carbonyl (C=O) groups excluding carboxylic acids is 1. The SMILES string of the molecule is COC(=O)C(C)CS(=O)(=O)Cc1cc(Cl)ccc1Cl. The molecule has 0 fully saturated rings. The van der Waals surface area contributed by atoms with Crippen LogP contribution < -0.4 is 0 Å². The number of methoxy groups -OCH3 is 1. The lowest BCUT2D eigenvalue weighted by molar-refractivity contribution is -0.144. The largest absolute Gasteiger partial charge is 0.469 e. The summed E-state index contributed by atoms with van der Waals surface area (Å²) >= 11 is 11.7. The molecule has 0 amide bonds. The predicted molar refractivity (Wildman–Crippen MR) is 75.1 cm³/mol. The van der Waals surface area contributed by atoms with Crippen LogP contribution in [0.3, 0.4) is 0 Å². The first-order chi connectivity index (χ1) is 8.75. The van der Waals surface area contributed by atoms with E-state index < -0.39 is 21.7 Å². The van der Waals surface area contributed by atoms with Crippen molar-refractivity contribution in [1.82, 2.24) is 0 Å². The molecule has 106 valence electrons. The highest BCUT2D eigenvalue weighted by atomic mass is 35.5. The number of carbonyl (C=O) groups is 1. The van der Waals surface area contributed by atoms with E-state index in [0.29, 0.717) is 15.6 Å². The molecule has 0 aliphatic carbocycles. The van der Waals surface area contributed by atoms with Crippen LogP contribution in [0.4, 0.5) is 0 Å². The summed E-state index contributed by atoms with van der Waals surface area (Å²) in [7, 11) is -2.25. The maximum atomic E-state index is 12.0. The van der Waals surface area contributed by atoms with Crippen molar-refractivity contribution < 1.29 is 17.9 Å². The van der Waals surface area contributed by atoms with Crippen LogP contribution in [-0.2, 0) is 25.1 Å². The molecule has 1 atom stereocenters. The number of sulfone groups is 1. The minimum Gasteiger partial charge on any atom is -0.469 e. The van der Waals surface area contributed by atoms with Gasteiger partial charge in [0.1, 0.15) is 0 Å². The third-order valence-electron chi connectivity index (χ3n) is 2.49. The molecule has 0 spiro atoms. The summed E-state index contributed by atoms with van der Waals surface area (Å²) in [5.74, 6) is -1.82. The third-order valence-corrected chi connectivity index (χ3v) is 4.85. The summed E-state index contributed by atoms with van der Waals surface area (Å²) in [6.07, 6.45) is 0. The highest BCUT2D eigenvalue weighted by molar-refractivity contribution is 7.90. The van der Waals surface area contributed by atoms with E-state index in [1.807, 2.05) is 0 Å².